The maximum absolute atomic E-state index is 12.5. The maximum atomic E-state index is 12.5. The first kappa shape index (κ1) is 18.1. The molecule has 1 N–H and O–H groups in total. The van der Waals surface area contributed by atoms with Gasteiger partial charge in [-0.1, -0.05) is 12.1 Å². The van der Waals surface area contributed by atoms with Crippen molar-refractivity contribution in [3.63, 3.8) is 0 Å². The first-order valence-electron chi connectivity index (χ1n) is 7.85. The highest BCUT2D eigenvalue weighted by Gasteiger charge is 2.10. The van der Waals surface area contributed by atoms with Crippen LogP contribution >= 0.6 is 22.6 Å². The third-order valence-electron chi connectivity index (χ3n) is 3.52. The minimum absolute atomic E-state index is 0.0515. The fourth-order valence-electron chi connectivity index (χ4n) is 2.28. The van der Waals surface area contributed by atoms with Gasteiger partial charge in [0.05, 0.1) is 11.9 Å². The summed E-state index contributed by atoms with van der Waals surface area (Å²) in [5.74, 6) is 0.187. The average molecular weight is 458 g/mol. The standard InChI is InChI=1S/C20H15IN2O3/c21-16-4-1-3-15(11-16)20(25)14-6-8-18(9-7-14)26-13-19(24)23-17-5-2-10-22-12-17/h1-12H,13H2,(H,23,24). The van der Waals surface area contributed by atoms with Gasteiger partial charge in [0.1, 0.15) is 5.75 Å². The molecule has 0 bridgehead atoms. The Morgan fingerprint density at radius 1 is 1.00 bits per heavy atom. The molecule has 0 aliphatic heterocycles. The number of rotatable bonds is 6. The monoisotopic (exact) mass is 458 g/mol. The molecule has 26 heavy (non-hydrogen) atoms. The van der Waals surface area contributed by atoms with Gasteiger partial charge in [-0.25, -0.2) is 0 Å². The summed E-state index contributed by atoms with van der Waals surface area (Å²) in [6.45, 7) is -0.126. The summed E-state index contributed by atoms with van der Waals surface area (Å²) >= 11 is 2.17. The van der Waals surface area contributed by atoms with Crippen LogP contribution in [-0.4, -0.2) is 23.3 Å². The minimum atomic E-state index is -0.281. The summed E-state index contributed by atoms with van der Waals surface area (Å²) in [5.41, 5.74) is 1.82. The Kier molecular flexibility index (Phi) is 5.96. The molecule has 1 heterocycles. The Morgan fingerprint density at radius 2 is 1.81 bits per heavy atom. The predicted octanol–water partition coefficient (Wildman–Crippen LogP) is 3.93. The van der Waals surface area contributed by atoms with Crippen LogP contribution in [0.5, 0.6) is 5.75 Å². The van der Waals surface area contributed by atoms with E-state index in [0.717, 1.165) is 3.57 Å². The first-order chi connectivity index (χ1) is 12.6. The lowest BCUT2D eigenvalue weighted by Crippen LogP contribution is -2.20. The summed E-state index contributed by atoms with van der Waals surface area (Å²) in [6.07, 6.45) is 3.19. The summed E-state index contributed by atoms with van der Waals surface area (Å²) in [4.78, 5) is 28.2. The SMILES string of the molecule is O=C(COc1ccc(C(=O)c2cccc(I)c2)cc1)Nc1cccnc1. The Morgan fingerprint density at radius 3 is 2.50 bits per heavy atom. The van der Waals surface area contributed by atoms with Crippen LogP contribution in [-0.2, 0) is 4.79 Å². The molecule has 1 aromatic heterocycles. The number of nitrogens with zero attached hydrogens (tertiary/aromatic N) is 1. The van der Waals surface area contributed by atoms with Crippen LogP contribution in [0.15, 0.2) is 73.1 Å². The molecule has 0 aliphatic carbocycles. The molecule has 130 valence electrons. The first-order valence-corrected chi connectivity index (χ1v) is 8.93. The molecule has 0 saturated heterocycles. The van der Waals surface area contributed by atoms with E-state index in [9.17, 15) is 9.59 Å². The molecule has 0 spiro atoms. The van der Waals surface area contributed by atoms with Crippen LogP contribution in [0.4, 0.5) is 5.69 Å². The number of hydrogen-bond donors (Lipinski definition) is 1. The van der Waals surface area contributed by atoms with E-state index in [0.29, 0.717) is 22.6 Å². The highest BCUT2D eigenvalue weighted by Crippen LogP contribution is 2.17. The van der Waals surface area contributed by atoms with Crippen molar-refractivity contribution < 1.29 is 14.3 Å². The number of hydrogen-bond acceptors (Lipinski definition) is 4. The predicted molar refractivity (Wildman–Crippen MR) is 107 cm³/mol. The molecule has 0 unspecified atom stereocenters. The number of aromatic nitrogens is 1. The van der Waals surface area contributed by atoms with Crippen molar-refractivity contribution in [3.05, 3.63) is 87.8 Å². The van der Waals surface area contributed by atoms with Crippen molar-refractivity contribution in [2.24, 2.45) is 0 Å². The lowest BCUT2D eigenvalue weighted by Gasteiger charge is -2.08. The van der Waals surface area contributed by atoms with Crippen LogP contribution in [0.2, 0.25) is 0 Å². The number of ketones is 1. The zero-order chi connectivity index (χ0) is 18.4. The van der Waals surface area contributed by atoms with Crippen LogP contribution in [0.1, 0.15) is 15.9 Å². The molecule has 0 atom stereocenters. The molecule has 6 heteroatoms. The summed E-state index contributed by atoms with van der Waals surface area (Å²) in [7, 11) is 0. The molecular formula is C20H15IN2O3. The van der Waals surface area contributed by atoms with E-state index in [1.54, 1.807) is 54.9 Å². The second-order valence-corrected chi connectivity index (χ2v) is 6.69. The molecule has 0 fully saturated rings. The molecule has 5 nitrogen and oxygen atoms in total. The topological polar surface area (TPSA) is 68.3 Å². The smallest absolute Gasteiger partial charge is 0.262 e. The molecule has 2 aromatic carbocycles. The summed E-state index contributed by atoms with van der Waals surface area (Å²) in [6, 6.07) is 17.6. The summed E-state index contributed by atoms with van der Waals surface area (Å²) < 4.78 is 6.46. The highest BCUT2D eigenvalue weighted by molar-refractivity contribution is 14.1. The number of pyridine rings is 1. The van der Waals surface area contributed by atoms with Gasteiger partial charge in [-0.15, -0.1) is 0 Å². The number of ether oxygens (including phenoxy) is 1. The lowest BCUT2D eigenvalue weighted by atomic mass is 10.0. The van der Waals surface area contributed by atoms with Gasteiger partial charge < -0.3 is 10.1 Å². The molecule has 1 amide bonds. The van der Waals surface area contributed by atoms with Crippen molar-refractivity contribution in [3.8, 4) is 5.75 Å². The third kappa shape index (κ3) is 4.89. The normalized spacial score (nSPS) is 10.2. The molecule has 0 aliphatic rings. The number of carbonyl (C=O) groups is 2. The minimum Gasteiger partial charge on any atom is -0.484 e. The zero-order valence-corrected chi connectivity index (χ0v) is 15.8. The largest absolute Gasteiger partial charge is 0.484 e. The van der Waals surface area contributed by atoms with Crippen molar-refractivity contribution in [2.75, 3.05) is 11.9 Å². The number of anilines is 1. The van der Waals surface area contributed by atoms with Crippen molar-refractivity contribution in [1.29, 1.82) is 0 Å². The van der Waals surface area contributed by atoms with E-state index >= 15 is 0 Å². The van der Waals surface area contributed by atoms with Gasteiger partial charge in [0.25, 0.3) is 5.91 Å². The highest BCUT2D eigenvalue weighted by atomic mass is 127. The van der Waals surface area contributed by atoms with Crippen LogP contribution < -0.4 is 10.1 Å². The van der Waals surface area contributed by atoms with E-state index in [1.165, 1.54) is 0 Å². The quantitative estimate of drug-likeness (QED) is 0.449. The van der Waals surface area contributed by atoms with Crippen LogP contribution in [0.3, 0.4) is 0 Å². The van der Waals surface area contributed by atoms with Gasteiger partial charge in [0.15, 0.2) is 12.4 Å². The molecular weight excluding hydrogens is 443 g/mol. The van der Waals surface area contributed by atoms with Crippen molar-refractivity contribution in [1.82, 2.24) is 4.98 Å². The zero-order valence-electron chi connectivity index (χ0n) is 13.7. The van der Waals surface area contributed by atoms with Gasteiger partial charge in [0.2, 0.25) is 0 Å². The second kappa shape index (κ2) is 8.57. The third-order valence-corrected chi connectivity index (χ3v) is 4.19. The van der Waals surface area contributed by atoms with E-state index in [1.807, 2.05) is 18.2 Å². The van der Waals surface area contributed by atoms with E-state index < -0.39 is 0 Å². The number of halogens is 1. The van der Waals surface area contributed by atoms with Gasteiger partial charge >= 0.3 is 0 Å². The number of amides is 1. The molecule has 3 aromatic rings. The van der Waals surface area contributed by atoms with Crippen LogP contribution in [0.25, 0.3) is 0 Å². The molecule has 0 radical (unpaired) electrons. The van der Waals surface area contributed by atoms with Gasteiger partial charge in [-0.3, -0.25) is 14.6 Å². The van der Waals surface area contributed by atoms with E-state index in [2.05, 4.69) is 32.9 Å². The van der Waals surface area contributed by atoms with Gasteiger partial charge in [0, 0.05) is 20.9 Å². The number of carbonyl (C=O) groups excluding carboxylic acids is 2. The van der Waals surface area contributed by atoms with E-state index in [4.69, 9.17) is 4.74 Å². The molecule has 0 saturated carbocycles. The fourth-order valence-corrected chi connectivity index (χ4v) is 2.82. The van der Waals surface area contributed by atoms with Crippen LogP contribution in [0, 0.1) is 3.57 Å². The Bertz CT molecular complexity index is 912. The Balaban J connectivity index is 1.57. The van der Waals surface area contributed by atoms with E-state index in [-0.39, 0.29) is 18.3 Å². The Labute approximate surface area is 164 Å². The number of nitrogens with one attached hydrogen (secondary N) is 1. The van der Waals surface area contributed by atoms with Gasteiger partial charge in [-0.2, -0.15) is 0 Å². The fraction of sp³-hybridized carbons (Fsp3) is 0.0500. The average Bonchev–Trinajstić information content (AvgIpc) is 2.67. The lowest BCUT2D eigenvalue weighted by molar-refractivity contribution is -0.118. The maximum Gasteiger partial charge on any atom is 0.262 e. The van der Waals surface area contributed by atoms with Gasteiger partial charge in [-0.05, 0) is 71.1 Å². The van der Waals surface area contributed by atoms with Crippen molar-refractivity contribution in [2.45, 2.75) is 0 Å². The second-order valence-electron chi connectivity index (χ2n) is 5.44. The number of benzene rings is 2. The Hall–Kier alpha value is -2.74. The summed E-state index contributed by atoms with van der Waals surface area (Å²) in [5, 5.41) is 2.69. The molecule has 3 rings (SSSR count). The van der Waals surface area contributed by atoms with Crippen molar-refractivity contribution >= 4 is 40.0 Å².